The zero-order chi connectivity index (χ0) is 11.1. The summed E-state index contributed by atoms with van der Waals surface area (Å²) in [7, 11) is 0. The summed E-state index contributed by atoms with van der Waals surface area (Å²) >= 11 is 0. The molecule has 0 unspecified atom stereocenters. The fraction of sp³-hybridized carbons (Fsp3) is 0. The Hall–Kier alpha value is -2.47. The molecule has 0 atom stereocenters. The standard InChI is InChI=1S/C13H8N2O/c1-15-13-9(14)6-7-11-12(13)8-4-2-3-5-10(8)16-11/h2-7H,14H2. The SMILES string of the molecule is [C-]#[N+]c1c(N)ccc2oc3ccccc3c12. The molecule has 2 N–H and O–H groups in total. The highest BCUT2D eigenvalue weighted by Gasteiger charge is 2.12. The summed E-state index contributed by atoms with van der Waals surface area (Å²) in [6.07, 6.45) is 0. The van der Waals surface area contributed by atoms with Gasteiger partial charge in [0.25, 0.3) is 0 Å². The maximum absolute atomic E-state index is 7.18. The number of rotatable bonds is 0. The summed E-state index contributed by atoms with van der Waals surface area (Å²) in [6, 6.07) is 11.2. The first kappa shape index (κ1) is 8.81. The molecular weight excluding hydrogens is 200 g/mol. The van der Waals surface area contributed by atoms with Crippen molar-refractivity contribution >= 4 is 33.3 Å². The first-order chi connectivity index (χ1) is 7.81. The van der Waals surface area contributed by atoms with Crippen molar-refractivity contribution in [2.75, 3.05) is 5.73 Å². The second-order valence-corrected chi connectivity index (χ2v) is 3.59. The van der Waals surface area contributed by atoms with Crippen molar-refractivity contribution in [1.82, 2.24) is 0 Å². The third-order valence-electron chi connectivity index (χ3n) is 2.66. The van der Waals surface area contributed by atoms with Crippen LogP contribution in [0.15, 0.2) is 40.8 Å². The molecule has 3 heteroatoms. The zero-order valence-electron chi connectivity index (χ0n) is 8.40. The van der Waals surface area contributed by atoms with Crippen molar-refractivity contribution in [2.24, 2.45) is 0 Å². The maximum Gasteiger partial charge on any atom is 0.220 e. The van der Waals surface area contributed by atoms with Crippen molar-refractivity contribution in [1.29, 1.82) is 0 Å². The Labute approximate surface area is 91.9 Å². The van der Waals surface area contributed by atoms with Crippen LogP contribution in [0.2, 0.25) is 0 Å². The first-order valence-electron chi connectivity index (χ1n) is 4.88. The second-order valence-electron chi connectivity index (χ2n) is 3.59. The summed E-state index contributed by atoms with van der Waals surface area (Å²) in [5.41, 5.74) is 8.26. The van der Waals surface area contributed by atoms with Crippen molar-refractivity contribution in [2.45, 2.75) is 0 Å². The van der Waals surface area contributed by atoms with E-state index >= 15 is 0 Å². The topological polar surface area (TPSA) is 43.5 Å². The van der Waals surface area contributed by atoms with Crippen molar-refractivity contribution in [3.8, 4) is 0 Å². The Morgan fingerprint density at radius 3 is 2.69 bits per heavy atom. The van der Waals surface area contributed by atoms with E-state index in [2.05, 4.69) is 4.85 Å². The van der Waals surface area contributed by atoms with Crippen molar-refractivity contribution in [3.05, 3.63) is 47.8 Å². The molecule has 2 aromatic carbocycles. The van der Waals surface area contributed by atoms with Gasteiger partial charge in [-0.15, -0.1) is 0 Å². The lowest BCUT2D eigenvalue weighted by Crippen LogP contribution is -1.83. The second kappa shape index (κ2) is 3.01. The van der Waals surface area contributed by atoms with E-state index in [4.69, 9.17) is 16.7 Å². The van der Waals surface area contributed by atoms with Gasteiger partial charge < -0.3 is 10.2 Å². The molecule has 3 rings (SSSR count). The lowest BCUT2D eigenvalue weighted by atomic mass is 10.1. The average molecular weight is 208 g/mol. The molecule has 0 saturated carbocycles. The van der Waals surface area contributed by atoms with E-state index in [1.54, 1.807) is 12.1 Å². The molecule has 0 aliphatic heterocycles. The molecule has 0 bridgehead atoms. The zero-order valence-corrected chi connectivity index (χ0v) is 8.40. The highest BCUT2D eigenvalue weighted by atomic mass is 16.3. The van der Waals surface area contributed by atoms with Crippen molar-refractivity contribution < 1.29 is 4.42 Å². The molecule has 0 spiro atoms. The Kier molecular flexibility index (Phi) is 1.66. The summed E-state index contributed by atoms with van der Waals surface area (Å²) in [4.78, 5) is 3.49. The van der Waals surface area contributed by atoms with Gasteiger partial charge in [-0.3, -0.25) is 0 Å². The monoisotopic (exact) mass is 208 g/mol. The van der Waals surface area contributed by atoms with Crippen LogP contribution in [-0.4, -0.2) is 0 Å². The number of hydrogen-bond acceptors (Lipinski definition) is 2. The average Bonchev–Trinajstić information content (AvgIpc) is 2.68. The van der Waals surface area contributed by atoms with Crippen molar-refractivity contribution in [3.63, 3.8) is 0 Å². The van der Waals surface area contributed by atoms with E-state index in [9.17, 15) is 0 Å². The molecule has 0 saturated heterocycles. The lowest BCUT2D eigenvalue weighted by molar-refractivity contribution is 0.669. The predicted octanol–water partition coefficient (Wildman–Crippen LogP) is 3.72. The molecule has 1 aromatic heterocycles. The Morgan fingerprint density at radius 1 is 1.06 bits per heavy atom. The number of fused-ring (bicyclic) bond motifs is 3. The van der Waals surface area contributed by atoms with Gasteiger partial charge in [0, 0.05) is 16.5 Å². The molecule has 0 amide bonds. The Balaban J connectivity index is 2.64. The number of nitrogens with two attached hydrogens (primary N) is 1. The van der Waals surface area contributed by atoms with Gasteiger partial charge in [0.1, 0.15) is 11.2 Å². The molecule has 0 aliphatic rings. The van der Waals surface area contributed by atoms with Crippen LogP contribution in [0.25, 0.3) is 26.8 Å². The van der Waals surface area contributed by atoms with E-state index in [0.29, 0.717) is 17.0 Å². The van der Waals surface area contributed by atoms with Gasteiger partial charge in [0.15, 0.2) is 0 Å². The van der Waals surface area contributed by atoms with Crippen LogP contribution in [-0.2, 0) is 0 Å². The van der Waals surface area contributed by atoms with Gasteiger partial charge >= 0.3 is 0 Å². The van der Waals surface area contributed by atoms with E-state index < -0.39 is 0 Å². The van der Waals surface area contributed by atoms with Crippen LogP contribution in [0.1, 0.15) is 0 Å². The summed E-state index contributed by atoms with van der Waals surface area (Å²) in [6.45, 7) is 7.18. The normalized spacial score (nSPS) is 10.7. The van der Waals surface area contributed by atoms with E-state index in [0.717, 1.165) is 16.4 Å². The Morgan fingerprint density at radius 2 is 1.88 bits per heavy atom. The number of nitrogens with zero attached hydrogens (tertiary/aromatic N) is 1. The van der Waals surface area contributed by atoms with Crippen LogP contribution in [0, 0.1) is 6.57 Å². The number of benzene rings is 2. The van der Waals surface area contributed by atoms with Crippen LogP contribution >= 0.6 is 0 Å². The fourth-order valence-corrected chi connectivity index (χ4v) is 1.94. The molecule has 16 heavy (non-hydrogen) atoms. The number of nitrogen functional groups attached to an aromatic ring is 1. The number of anilines is 1. The van der Waals surface area contributed by atoms with Gasteiger partial charge in [-0.2, -0.15) is 0 Å². The quantitative estimate of drug-likeness (QED) is 0.452. The minimum atomic E-state index is 0.474. The largest absolute Gasteiger partial charge is 0.457 e. The molecular formula is C13H8N2O. The number of hydrogen-bond donors (Lipinski definition) is 1. The fourth-order valence-electron chi connectivity index (χ4n) is 1.94. The molecule has 0 fully saturated rings. The minimum absolute atomic E-state index is 0.474. The lowest BCUT2D eigenvalue weighted by Gasteiger charge is -1.97. The van der Waals surface area contributed by atoms with Gasteiger partial charge in [-0.05, 0) is 18.2 Å². The van der Waals surface area contributed by atoms with Gasteiger partial charge in [-0.25, -0.2) is 4.85 Å². The Bertz CT molecular complexity index is 735. The number of furan rings is 1. The third-order valence-corrected chi connectivity index (χ3v) is 2.66. The molecule has 3 nitrogen and oxygen atoms in total. The van der Waals surface area contributed by atoms with E-state index in [1.165, 1.54) is 0 Å². The molecule has 0 radical (unpaired) electrons. The van der Waals surface area contributed by atoms with E-state index in [1.807, 2.05) is 24.3 Å². The maximum atomic E-state index is 7.18. The highest BCUT2D eigenvalue weighted by Crippen LogP contribution is 2.38. The first-order valence-corrected chi connectivity index (χ1v) is 4.88. The third kappa shape index (κ3) is 1.01. The summed E-state index contributed by atoms with van der Waals surface area (Å²) in [5, 5.41) is 1.75. The van der Waals surface area contributed by atoms with Crippen LogP contribution in [0.3, 0.4) is 0 Å². The van der Waals surface area contributed by atoms with E-state index in [-0.39, 0.29) is 0 Å². The van der Waals surface area contributed by atoms with Gasteiger partial charge in [0.05, 0.1) is 6.57 Å². The van der Waals surface area contributed by atoms with Crippen LogP contribution < -0.4 is 5.73 Å². The highest BCUT2D eigenvalue weighted by molar-refractivity contribution is 6.14. The molecule has 76 valence electrons. The van der Waals surface area contributed by atoms with Crippen LogP contribution in [0.5, 0.6) is 0 Å². The van der Waals surface area contributed by atoms with Gasteiger partial charge in [-0.1, -0.05) is 18.2 Å². The smallest absolute Gasteiger partial charge is 0.220 e. The van der Waals surface area contributed by atoms with Gasteiger partial charge in [0.2, 0.25) is 5.69 Å². The van der Waals surface area contributed by atoms with Crippen LogP contribution in [0.4, 0.5) is 11.4 Å². The summed E-state index contributed by atoms with van der Waals surface area (Å²) < 4.78 is 5.65. The number of para-hydroxylation sites is 1. The molecule has 0 aliphatic carbocycles. The molecule has 1 heterocycles. The summed E-state index contributed by atoms with van der Waals surface area (Å²) in [5.74, 6) is 0. The predicted molar refractivity (Wildman–Crippen MR) is 64.4 cm³/mol. The minimum Gasteiger partial charge on any atom is -0.457 e. The molecule has 3 aromatic rings.